The summed E-state index contributed by atoms with van der Waals surface area (Å²) < 4.78 is 0. The fraction of sp³-hybridized carbons (Fsp3) is 0.864. The van der Waals surface area contributed by atoms with Crippen molar-refractivity contribution in [3.05, 3.63) is 15.7 Å². The third kappa shape index (κ3) is 4.91. The SMILES string of the molecule is CC(=C=C([Si](C)(C)C(C)(C)C)[Si](C)(C)C(C)(C)C)[Si](C)(C)C(C)(C)C. The minimum Gasteiger partial charge on any atom is -0.136 e. The fourth-order valence-electron chi connectivity index (χ4n) is 2.75. The lowest BCUT2D eigenvalue weighted by atomic mass is 10.2. The summed E-state index contributed by atoms with van der Waals surface area (Å²) in [5, 5.41) is 2.66. The van der Waals surface area contributed by atoms with E-state index in [1.54, 1.807) is 10.0 Å². The highest BCUT2D eigenvalue weighted by atomic mass is 28.4. The summed E-state index contributed by atoms with van der Waals surface area (Å²) in [4.78, 5) is 1.77. The predicted octanol–water partition coefficient (Wildman–Crippen LogP) is 8.60. The van der Waals surface area contributed by atoms with Crippen LogP contribution >= 0.6 is 0 Å². The molecule has 0 amide bonds. The van der Waals surface area contributed by atoms with Crippen LogP contribution in [-0.2, 0) is 0 Å². The Kier molecular flexibility index (Phi) is 7.01. The first-order valence-electron chi connectivity index (χ1n) is 10.0. The van der Waals surface area contributed by atoms with Crippen LogP contribution in [0.15, 0.2) is 15.7 Å². The third-order valence-corrected chi connectivity index (χ3v) is 27.9. The molecule has 0 aromatic rings. The van der Waals surface area contributed by atoms with Crippen LogP contribution in [0.5, 0.6) is 0 Å². The highest BCUT2D eigenvalue weighted by Gasteiger charge is 2.50. The number of hydrogen-bond acceptors (Lipinski definition) is 0. The zero-order chi connectivity index (χ0) is 20.9. The molecule has 0 saturated heterocycles. The molecule has 0 bridgehead atoms. The van der Waals surface area contributed by atoms with Crippen molar-refractivity contribution in [3.63, 3.8) is 0 Å². The summed E-state index contributed by atoms with van der Waals surface area (Å²) in [6.45, 7) is 39.8. The van der Waals surface area contributed by atoms with E-state index in [9.17, 15) is 0 Å². The molecule has 0 nitrogen and oxygen atoms in total. The van der Waals surface area contributed by atoms with E-state index in [-0.39, 0.29) is 0 Å². The Morgan fingerprint density at radius 3 is 0.960 bits per heavy atom. The van der Waals surface area contributed by atoms with Crippen LogP contribution in [0, 0.1) is 0 Å². The largest absolute Gasteiger partial charge is 0.136 e. The van der Waals surface area contributed by atoms with Crippen LogP contribution in [0.2, 0.25) is 54.4 Å². The van der Waals surface area contributed by atoms with Crippen molar-refractivity contribution in [2.24, 2.45) is 0 Å². The van der Waals surface area contributed by atoms with Crippen LogP contribution in [-0.4, -0.2) is 24.2 Å². The molecule has 0 unspecified atom stereocenters. The molecule has 3 heteroatoms. The van der Waals surface area contributed by atoms with Gasteiger partial charge in [-0.3, -0.25) is 0 Å². The molecular formula is C22H48Si3. The van der Waals surface area contributed by atoms with Gasteiger partial charge in [-0.05, 0) is 27.2 Å². The van der Waals surface area contributed by atoms with Crippen LogP contribution in [0.25, 0.3) is 0 Å². The molecule has 0 radical (unpaired) electrons. The smallest absolute Gasteiger partial charge is 0.0902 e. The quantitative estimate of drug-likeness (QED) is 0.331. The van der Waals surface area contributed by atoms with Crippen molar-refractivity contribution < 1.29 is 0 Å². The molecule has 0 aliphatic carbocycles. The molecule has 0 saturated carbocycles. The van der Waals surface area contributed by atoms with Gasteiger partial charge in [0.25, 0.3) is 0 Å². The van der Waals surface area contributed by atoms with Crippen molar-refractivity contribution in [3.8, 4) is 0 Å². The minimum atomic E-state index is -1.61. The van der Waals surface area contributed by atoms with Crippen LogP contribution in [0.1, 0.15) is 69.2 Å². The summed E-state index contributed by atoms with van der Waals surface area (Å²) in [5.41, 5.74) is 4.18. The van der Waals surface area contributed by atoms with E-state index in [1.807, 2.05) is 0 Å². The molecule has 0 aromatic carbocycles. The van der Waals surface area contributed by atoms with Crippen LogP contribution in [0.4, 0.5) is 0 Å². The summed E-state index contributed by atoms with van der Waals surface area (Å²) in [6.07, 6.45) is 0. The molecule has 25 heavy (non-hydrogen) atoms. The highest BCUT2D eigenvalue weighted by molar-refractivity contribution is 7.07. The van der Waals surface area contributed by atoms with Crippen molar-refractivity contribution >= 4 is 24.2 Å². The van der Waals surface area contributed by atoms with E-state index in [2.05, 4.69) is 114 Å². The molecule has 0 rings (SSSR count). The zero-order valence-electron chi connectivity index (χ0n) is 20.5. The van der Waals surface area contributed by atoms with E-state index < -0.39 is 24.2 Å². The average Bonchev–Trinajstić information content (AvgIpc) is 2.30. The summed E-state index contributed by atoms with van der Waals surface area (Å²) in [7, 11) is -4.74. The molecule has 0 aromatic heterocycles. The third-order valence-electron chi connectivity index (χ3n) is 8.12. The Hall–Kier alpha value is 0.171. The van der Waals surface area contributed by atoms with E-state index in [4.69, 9.17) is 0 Å². The number of rotatable bonds is 3. The first-order chi connectivity index (χ1) is 10.5. The van der Waals surface area contributed by atoms with Gasteiger partial charge in [-0.25, -0.2) is 0 Å². The fourth-order valence-corrected chi connectivity index (χ4v) is 15.6. The highest BCUT2D eigenvalue weighted by Crippen LogP contribution is 2.50. The van der Waals surface area contributed by atoms with E-state index in [1.165, 1.54) is 0 Å². The maximum atomic E-state index is 4.18. The number of allylic oxidation sites excluding steroid dienone is 1. The summed E-state index contributed by atoms with van der Waals surface area (Å²) >= 11 is 0. The molecule has 148 valence electrons. The predicted molar refractivity (Wildman–Crippen MR) is 128 cm³/mol. The van der Waals surface area contributed by atoms with Crippen molar-refractivity contribution in [1.82, 2.24) is 0 Å². The lowest BCUT2D eigenvalue weighted by Gasteiger charge is -2.49. The van der Waals surface area contributed by atoms with Gasteiger partial charge < -0.3 is 0 Å². The van der Waals surface area contributed by atoms with Gasteiger partial charge in [0.15, 0.2) is 0 Å². The van der Waals surface area contributed by atoms with Crippen molar-refractivity contribution in [2.45, 2.75) is 124 Å². The van der Waals surface area contributed by atoms with Gasteiger partial charge >= 0.3 is 0 Å². The zero-order valence-corrected chi connectivity index (χ0v) is 23.5. The second-order valence-electron chi connectivity index (χ2n) is 12.8. The van der Waals surface area contributed by atoms with Gasteiger partial charge in [-0.2, -0.15) is 0 Å². The molecular weight excluding hydrogens is 349 g/mol. The molecule has 0 atom stereocenters. The Morgan fingerprint density at radius 1 is 0.520 bits per heavy atom. The monoisotopic (exact) mass is 396 g/mol. The summed E-state index contributed by atoms with van der Waals surface area (Å²) in [5.74, 6) is 0. The van der Waals surface area contributed by atoms with Gasteiger partial charge in [0.1, 0.15) is 0 Å². The van der Waals surface area contributed by atoms with Gasteiger partial charge in [0.2, 0.25) is 0 Å². The van der Waals surface area contributed by atoms with Gasteiger partial charge in [-0.1, -0.05) is 106 Å². The second-order valence-corrected chi connectivity index (χ2v) is 29.2. The molecule has 0 aliphatic rings. The molecule has 0 heterocycles. The molecule has 0 N–H and O–H groups in total. The van der Waals surface area contributed by atoms with Crippen molar-refractivity contribution in [2.75, 3.05) is 0 Å². The van der Waals surface area contributed by atoms with Gasteiger partial charge in [0.05, 0.1) is 24.2 Å². The topological polar surface area (TPSA) is 0 Å². The molecule has 0 aliphatic heterocycles. The van der Waals surface area contributed by atoms with E-state index in [0.29, 0.717) is 15.1 Å². The van der Waals surface area contributed by atoms with Gasteiger partial charge in [-0.15, -0.1) is 5.73 Å². The Bertz CT molecular complexity index is 522. The Morgan fingerprint density at radius 2 is 0.760 bits per heavy atom. The molecule has 0 fully saturated rings. The van der Waals surface area contributed by atoms with Crippen molar-refractivity contribution in [1.29, 1.82) is 0 Å². The second kappa shape index (κ2) is 6.96. The molecule has 0 spiro atoms. The standard InChI is InChI=1S/C22H48Si3/c1-18(23(11,12)20(2,3)4)17-19(24(13,14)21(5,6)7)25(15,16)22(8,9)10/h1-16H3. The number of hydrogen-bond donors (Lipinski definition) is 0. The first kappa shape index (κ1) is 25.2. The van der Waals surface area contributed by atoms with Crippen LogP contribution in [0.3, 0.4) is 0 Å². The lowest BCUT2D eigenvalue weighted by Crippen LogP contribution is -2.53. The van der Waals surface area contributed by atoms with Crippen LogP contribution < -0.4 is 0 Å². The Labute approximate surface area is 163 Å². The van der Waals surface area contributed by atoms with E-state index in [0.717, 1.165) is 0 Å². The Balaban J connectivity index is 7.04. The van der Waals surface area contributed by atoms with Gasteiger partial charge in [0, 0.05) is 0 Å². The normalized spacial score (nSPS) is 15.0. The first-order valence-corrected chi connectivity index (χ1v) is 19.0. The maximum Gasteiger partial charge on any atom is 0.0902 e. The minimum absolute atomic E-state index is 0.360. The average molecular weight is 397 g/mol. The maximum absolute atomic E-state index is 4.18. The lowest BCUT2D eigenvalue weighted by molar-refractivity contribution is 0.713. The summed E-state index contributed by atoms with van der Waals surface area (Å²) in [6, 6.07) is 0. The van der Waals surface area contributed by atoms with E-state index >= 15 is 0 Å².